The van der Waals surface area contributed by atoms with Crippen molar-refractivity contribution in [2.24, 2.45) is 0 Å². The molecule has 0 aromatic heterocycles. The molecule has 54 valence electrons. The SMILES string of the molecule is CNC12COC(C1)C2.Cl. The van der Waals surface area contributed by atoms with Gasteiger partial charge < -0.3 is 10.1 Å². The fraction of sp³-hybridized carbons (Fsp3) is 1.00. The Labute approximate surface area is 61.4 Å². The average molecular weight is 150 g/mol. The smallest absolute Gasteiger partial charge is 0.0653 e. The van der Waals surface area contributed by atoms with Gasteiger partial charge in [0.2, 0.25) is 0 Å². The fourth-order valence-corrected chi connectivity index (χ4v) is 1.60. The van der Waals surface area contributed by atoms with Crippen LogP contribution in [0, 0.1) is 0 Å². The number of halogens is 1. The highest BCUT2D eigenvalue weighted by Crippen LogP contribution is 2.41. The van der Waals surface area contributed by atoms with Gasteiger partial charge in [-0.25, -0.2) is 0 Å². The maximum Gasteiger partial charge on any atom is 0.0653 e. The molecule has 2 bridgehead atoms. The first-order chi connectivity index (χ1) is 3.85. The first-order valence-electron chi connectivity index (χ1n) is 3.15. The predicted octanol–water partition coefficient (Wildman–Crippen LogP) is 0.559. The summed E-state index contributed by atoms with van der Waals surface area (Å²) >= 11 is 0. The van der Waals surface area contributed by atoms with Crippen LogP contribution < -0.4 is 5.32 Å². The number of hydrogen-bond acceptors (Lipinski definition) is 2. The summed E-state index contributed by atoms with van der Waals surface area (Å²) in [4.78, 5) is 0. The van der Waals surface area contributed by atoms with Crippen molar-refractivity contribution < 1.29 is 4.74 Å². The molecule has 0 unspecified atom stereocenters. The highest BCUT2D eigenvalue weighted by Gasteiger charge is 2.50. The first-order valence-corrected chi connectivity index (χ1v) is 3.15. The number of likely N-dealkylation sites (N-methyl/N-ethyl adjacent to an activating group) is 1. The van der Waals surface area contributed by atoms with Crippen LogP contribution in [0.3, 0.4) is 0 Å². The molecule has 2 aliphatic heterocycles. The second kappa shape index (κ2) is 2.11. The van der Waals surface area contributed by atoms with Gasteiger partial charge in [0, 0.05) is 5.54 Å². The zero-order valence-electron chi connectivity index (χ0n) is 5.52. The Bertz CT molecular complexity index is 106. The molecule has 1 aliphatic carbocycles. The molecule has 9 heavy (non-hydrogen) atoms. The summed E-state index contributed by atoms with van der Waals surface area (Å²) in [7, 11) is 2.02. The highest BCUT2D eigenvalue weighted by atomic mass is 35.5. The molecule has 3 aliphatic rings. The average Bonchev–Trinajstić information content (AvgIpc) is 2.17. The van der Waals surface area contributed by atoms with Gasteiger partial charge in [0.05, 0.1) is 12.7 Å². The maximum atomic E-state index is 5.36. The molecule has 0 spiro atoms. The maximum absolute atomic E-state index is 5.36. The lowest BCUT2D eigenvalue weighted by atomic mass is 9.78. The molecule has 1 N–H and O–H groups in total. The van der Waals surface area contributed by atoms with Crippen molar-refractivity contribution in [2.75, 3.05) is 13.7 Å². The van der Waals surface area contributed by atoms with Gasteiger partial charge in [-0.2, -0.15) is 0 Å². The van der Waals surface area contributed by atoms with Crippen molar-refractivity contribution in [1.82, 2.24) is 5.32 Å². The van der Waals surface area contributed by atoms with Crippen molar-refractivity contribution in [3.63, 3.8) is 0 Å². The van der Waals surface area contributed by atoms with Gasteiger partial charge in [0.15, 0.2) is 0 Å². The summed E-state index contributed by atoms with van der Waals surface area (Å²) in [5, 5.41) is 3.28. The van der Waals surface area contributed by atoms with Crippen LogP contribution in [0.15, 0.2) is 0 Å². The normalized spacial score (nSPS) is 45.7. The van der Waals surface area contributed by atoms with Gasteiger partial charge in [-0.1, -0.05) is 0 Å². The number of rotatable bonds is 1. The molecule has 1 saturated carbocycles. The van der Waals surface area contributed by atoms with E-state index >= 15 is 0 Å². The molecule has 3 heteroatoms. The van der Waals surface area contributed by atoms with Crippen LogP contribution in [-0.2, 0) is 4.74 Å². The quantitative estimate of drug-likeness (QED) is 0.589. The lowest BCUT2D eigenvalue weighted by Crippen LogP contribution is -2.50. The molecule has 2 nitrogen and oxygen atoms in total. The molecular formula is C6H12ClNO. The summed E-state index contributed by atoms with van der Waals surface area (Å²) < 4.78 is 5.36. The summed E-state index contributed by atoms with van der Waals surface area (Å²) in [6, 6.07) is 0. The van der Waals surface area contributed by atoms with E-state index in [-0.39, 0.29) is 12.4 Å². The van der Waals surface area contributed by atoms with E-state index in [0.29, 0.717) is 11.6 Å². The van der Waals surface area contributed by atoms with Crippen LogP contribution in [-0.4, -0.2) is 25.3 Å². The van der Waals surface area contributed by atoms with E-state index in [1.807, 2.05) is 7.05 Å². The van der Waals surface area contributed by atoms with E-state index in [2.05, 4.69) is 5.32 Å². The van der Waals surface area contributed by atoms with Crippen molar-refractivity contribution in [3.8, 4) is 0 Å². The Hall–Kier alpha value is 0.210. The third-order valence-electron chi connectivity index (χ3n) is 2.36. The van der Waals surface area contributed by atoms with Gasteiger partial charge in [0.1, 0.15) is 0 Å². The van der Waals surface area contributed by atoms with E-state index in [1.54, 1.807) is 0 Å². The van der Waals surface area contributed by atoms with E-state index in [1.165, 1.54) is 12.8 Å². The minimum absolute atomic E-state index is 0. The van der Waals surface area contributed by atoms with Crippen LogP contribution in [0.2, 0.25) is 0 Å². The molecule has 0 amide bonds. The monoisotopic (exact) mass is 149 g/mol. The van der Waals surface area contributed by atoms with Crippen molar-refractivity contribution >= 4 is 12.4 Å². The van der Waals surface area contributed by atoms with Gasteiger partial charge in [-0.3, -0.25) is 0 Å². The molecule has 3 rings (SSSR count). The Balaban J connectivity index is 0.000000405. The van der Waals surface area contributed by atoms with Crippen molar-refractivity contribution in [1.29, 1.82) is 0 Å². The molecule has 2 heterocycles. The third kappa shape index (κ3) is 0.858. The zero-order valence-corrected chi connectivity index (χ0v) is 6.33. The predicted molar refractivity (Wildman–Crippen MR) is 38.0 cm³/mol. The molecule has 0 aromatic carbocycles. The Morgan fingerprint density at radius 3 is 2.44 bits per heavy atom. The minimum Gasteiger partial charge on any atom is -0.376 e. The standard InChI is InChI=1S/C6H11NO.ClH/c1-7-6-2-5(3-6)8-4-6;/h5,7H,2-4H2,1H3;1H. The Morgan fingerprint density at radius 1 is 1.56 bits per heavy atom. The Kier molecular flexibility index (Phi) is 1.72. The van der Waals surface area contributed by atoms with Crippen molar-refractivity contribution in [3.05, 3.63) is 0 Å². The van der Waals surface area contributed by atoms with E-state index in [9.17, 15) is 0 Å². The van der Waals surface area contributed by atoms with Gasteiger partial charge >= 0.3 is 0 Å². The fourth-order valence-electron chi connectivity index (χ4n) is 1.60. The highest BCUT2D eigenvalue weighted by molar-refractivity contribution is 5.85. The zero-order chi connectivity index (χ0) is 5.61. The first kappa shape index (κ1) is 7.32. The summed E-state index contributed by atoms with van der Waals surface area (Å²) in [6.45, 7) is 0.939. The van der Waals surface area contributed by atoms with Crippen LogP contribution in [0.25, 0.3) is 0 Å². The van der Waals surface area contributed by atoms with Gasteiger partial charge in [-0.05, 0) is 19.9 Å². The second-order valence-electron chi connectivity index (χ2n) is 2.87. The summed E-state index contributed by atoms with van der Waals surface area (Å²) in [6.07, 6.45) is 3.08. The molecule has 0 atom stereocenters. The van der Waals surface area contributed by atoms with Crippen LogP contribution >= 0.6 is 12.4 Å². The summed E-state index contributed by atoms with van der Waals surface area (Å²) in [5.74, 6) is 0. The van der Waals surface area contributed by atoms with E-state index < -0.39 is 0 Å². The Morgan fingerprint density at radius 2 is 2.22 bits per heavy atom. The van der Waals surface area contributed by atoms with Crippen molar-refractivity contribution in [2.45, 2.75) is 24.5 Å². The number of fused-ring (bicyclic) bond motifs is 1. The van der Waals surface area contributed by atoms with Crippen LogP contribution in [0.1, 0.15) is 12.8 Å². The summed E-state index contributed by atoms with van der Waals surface area (Å²) in [5.41, 5.74) is 0.407. The molecular weight excluding hydrogens is 138 g/mol. The van der Waals surface area contributed by atoms with E-state index in [0.717, 1.165) is 6.61 Å². The molecule has 0 radical (unpaired) electrons. The molecule has 2 saturated heterocycles. The lowest BCUT2D eigenvalue weighted by molar-refractivity contribution is 0.120. The van der Waals surface area contributed by atoms with Crippen LogP contribution in [0.5, 0.6) is 0 Å². The van der Waals surface area contributed by atoms with Crippen LogP contribution in [0.4, 0.5) is 0 Å². The molecule has 0 aromatic rings. The number of nitrogens with one attached hydrogen (secondary N) is 1. The number of ether oxygens (including phenoxy) is 1. The minimum atomic E-state index is 0. The number of hydrogen-bond donors (Lipinski definition) is 1. The largest absolute Gasteiger partial charge is 0.376 e. The second-order valence-corrected chi connectivity index (χ2v) is 2.87. The molecule has 3 fully saturated rings. The lowest BCUT2D eigenvalue weighted by Gasteiger charge is -2.34. The van der Waals surface area contributed by atoms with Gasteiger partial charge in [0.25, 0.3) is 0 Å². The third-order valence-corrected chi connectivity index (χ3v) is 2.36. The van der Waals surface area contributed by atoms with E-state index in [4.69, 9.17) is 4.74 Å². The topological polar surface area (TPSA) is 21.3 Å². The van der Waals surface area contributed by atoms with Gasteiger partial charge in [-0.15, -0.1) is 12.4 Å².